The van der Waals surface area contributed by atoms with Gasteiger partial charge in [0.15, 0.2) is 16.7 Å². The van der Waals surface area contributed by atoms with Crippen molar-refractivity contribution < 1.29 is 9.47 Å². The molecule has 2 aliphatic heterocycles. The molecule has 0 aliphatic carbocycles. The second-order valence-corrected chi connectivity index (χ2v) is 9.37. The number of hydrogen-bond donors (Lipinski definition) is 0. The highest BCUT2D eigenvalue weighted by Gasteiger charge is 2.46. The lowest BCUT2D eigenvalue weighted by Gasteiger charge is -2.33. The van der Waals surface area contributed by atoms with Crippen molar-refractivity contribution in [1.29, 1.82) is 0 Å². The Kier molecular flexibility index (Phi) is 6.06. The molecule has 2 aromatic rings. The van der Waals surface area contributed by atoms with Crippen LogP contribution in [0.5, 0.6) is 11.5 Å². The van der Waals surface area contributed by atoms with E-state index in [-0.39, 0.29) is 18.2 Å². The number of rotatable bonds is 6. The predicted octanol–water partition coefficient (Wildman–Crippen LogP) is 5.62. The van der Waals surface area contributed by atoms with Crippen LogP contribution in [0.4, 0.5) is 0 Å². The Morgan fingerprint density at radius 2 is 2.10 bits per heavy atom. The standard InChI is InChI=1S/C22H26BrN3O2S/c1-5-14-12-29-22-25-20(17-8-6-7-9-24-17)21(26(14)22)15-10-18(27-4)19(11-16(15)23)28-13(2)3/h6-11,13-14,20-21H,5,12H2,1-4H3. The average Bonchev–Trinajstić information content (AvgIpc) is 3.28. The highest BCUT2D eigenvalue weighted by molar-refractivity contribution is 9.10. The fourth-order valence-corrected chi connectivity index (χ4v) is 5.86. The maximum Gasteiger partial charge on any atom is 0.162 e. The molecule has 3 atom stereocenters. The normalized spacial score (nSPS) is 23.3. The summed E-state index contributed by atoms with van der Waals surface area (Å²) in [6.07, 6.45) is 3.00. The van der Waals surface area contributed by atoms with E-state index in [1.54, 1.807) is 7.11 Å². The monoisotopic (exact) mass is 475 g/mol. The zero-order valence-corrected chi connectivity index (χ0v) is 19.5. The minimum atomic E-state index is -0.0501. The maximum absolute atomic E-state index is 5.96. The third-order valence-electron chi connectivity index (χ3n) is 5.29. The van der Waals surface area contributed by atoms with E-state index in [9.17, 15) is 0 Å². The molecule has 0 amide bonds. The molecule has 154 valence electrons. The van der Waals surface area contributed by atoms with E-state index < -0.39 is 0 Å². The summed E-state index contributed by atoms with van der Waals surface area (Å²) in [5.74, 6) is 2.56. The second kappa shape index (κ2) is 8.56. The topological polar surface area (TPSA) is 47.0 Å². The van der Waals surface area contributed by atoms with Crippen LogP contribution in [-0.4, -0.2) is 40.1 Å². The number of benzene rings is 1. The molecule has 1 aromatic carbocycles. The average molecular weight is 476 g/mol. The first-order valence-corrected chi connectivity index (χ1v) is 11.7. The lowest BCUT2D eigenvalue weighted by molar-refractivity contribution is 0.228. The highest BCUT2D eigenvalue weighted by Crippen LogP contribution is 2.51. The van der Waals surface area contributed by atoms with Gasteiger partial charge in [0.05, 0.1) is 24.9 Å². The molecule has 29 heavy (non-hydrogen) atoms. The van der Waals surface area contributed by atoms with Gasteiger partial charge in [-0.25, -0.2) is 0 Å². The third-order valence-corrected chi connectivity index (χ3v) is 7.11. The van der Waals surface area contributed by atoms with E-state index in [1.165, 1.54) is 0 Å². The first-order valence-electron chi connectivity index (χ1n) is 9.97. The smallest absolute Gasteiger partial charge is 0.162 e. The zero-order valence-electron chi connectivity index (χ0n) is 17.1. The van der Waals surface area contributed by atoms with Crippen LogP contribution >= 0.6 is 27.7 Å². The summed E-state index contributed by atoms with van der Waals surface area (Å²) < 4.78 is 12.6. The maximum atomic E-state index is 5.96. The second-order valence-electron chi connectivity index (χ2n) is 7.53. The number of aromatic nitrogens is 1. The van der Waals surface area contributed by atoms with Crippen molar-refractivity contribution in [3.63, 3.8) is 0 Å². The zero-order chi connectivity index (χ0) is 20.5. The van der Waals surface area contributed by atoms with Crippen molar-refractivity contribution in [2.24, 2.45) is 4.99 Å². The highest BCUT2D eigenvalue weighted by atomic mass is 79.9. The van der Waals surface area contributed by atoms with E-state index >= 15 is 0 Å². The van der Waals surface area contributed by atoms with Gasteiger partial charge in [-0.05, 0) is 50.1 Å². The first-order chi connectivity index (χ1) is 14.0. The molecule has 0 N–H and O–H groups in total. The molecular formula is C22H26BrN3O2S. The van der Waals surface area contributed by atoms with Gasteiger partial charge in [-0.1, -0.05) is 40.7 Å². The van der Waals surface area contributed by atoms with Crippen LogP contribution in [0.3, 0.4) is 0 Å². The summed E-state index contributed by atoms with van der Waals surface area (Å²) in [5, 5.41) is 1.12. The molecule has 3 heterocycles. The fourth-order valence-electron chi connectivity index (χ4n) is 3.97. The molecule has 1 saturated heterocycles. The van der Waals surface area contributed by atoms with Crippen molar-refractivity contribution in [3.8, 4) is 11.5 Å². The van der Waals surface area contributed by atoms with Crippen LogP contribution in [0.1, 0.15) is 50.5 Å². The van der Waals surface area contributed by atoms with Gasteiger partial charge >= 0.3 is 0 Å². The Labute approximate surface area is 185 Å². The van der Waals surface area contributed by atoms with Crippen molar-refractivity contribution in [2.75, 3.05) is 12.9 Å². The summed E-state index contributed by atoms with van der Waals surface area (Å²) in [7, 11) is 1.69. The van der Waals surface area contributed by atoms with E-state index in [2.05, 4.69) is 44.9 Å². The first kappa shape index (κ1) is 20.5. The number of amidine groups is 1. The Morgan fingerprint density at radius 1 is 1.28 bits per heavy atom. The molecule has 3 unspecified atom stereocenters. The number of pyridine rings is 1. The molecule has 0 spiro atoms. The minimum Gasteiger partial charge on any atom is -0.493 e. The molecule has 7 heteroatoms. The largest absolute Gasteiger partial charge is 0.493 e. The molecule has 5 nitrogen and oxygen atoms in total. The van der Waals surface area contributed by atoms with Crippen molar-refractivity contribution in [1.82, 2.24) is 9.88 Å². The SMILES string of the molecule is CCC1CSC2=NC(c3ccccn3)C(c3cc(OC)c(OC(C)C)cc3Br)N21. The predicted molar refractivity (Wildman–Crippen MR) is 122 cm³/mol. The summed E-state index contributed by atoms with van der Waals surface area (Å²) >= 11 is 5.66. The number of halogens is 1. The van der Waals surface area contributed by atoms with Gasteiger partial charge in [0.25, 0.3) is 0 Å². The van der Waals surface area contributed by atoms with Crippen LogP contribution in [-0.2, 0) is 0 Å². The van der Waals surface area contributed by atoms with Gasteiger partial charge < -0.3 is 14.4 Å². The van der Waals surface area contributed by atoms with Crippen LogP contribution in [0.25, 0.3) is 0 Å². The fraction of sp³-hybridized carbons (Fsp3) is 0.455. The number of methoxy groups -OCH3 is 1. The number of nitrogens with zero attached hydrogens (tertiary/aromatic N) is 3. The number of ether oxygens (including phenoxy) is 2. The number of fused-ring (bicyclic) bond motifs is 1. The Bertz CT molecular complexity index is 906. The van der Waals surface area contributed by atoms with E-state index in [0.717, 1.165) is 44.6 Å². The number of aliphatic imine (C=N–C) groups is 1. The quantitative estimate of drug-likeness (QED) is 0.542. The Balaban J connectivity index is 1.81. The number of thioether (sulfide) groups is 1. The third kappa shape index (κ3) is 3.87. The molecule has 1 aromatic heterocycles. The van der Waals surface area contributed by atoms with Crippen molar-refractivity contribution in [3.05, 3.63) is 52.3 Å². The molecule has 2 aliphatic rings. The van der Waals surface area contributed by atoms with Crippen LogP contribution < -0.4 is 9.47 Å². The summed E-state index contributed by atoms with van der Waals surface area (Å²) in [4.78, 5) is 12.2. The molecule has 1 fully saturated rings. The number of hydrogen-bond acceptors (Lipinski definition) is 6. The Morgan fingerprint density at radius 3 is 2.76 bits per heavy atom. The van der Waals surface area contributed by atoms with Crippen LogP contribution in [0, 0.1) is 0 Å². The molecule has 0 saturated carbocycles. The minimum absolute atomic E-state index is 0.0501. The van der Waals surface area contributed by atoms with Crippen molar-refractivity contribution >= 4 is 32.9 Å². The van der Waals surface area contributed by atoms with Crippen molar-refractivity contribution in [2.45, 2.75) is 51.4 Å². The molecular weight excluding hydrogens is 450 g/mol. The van der Waals surface area contributed by atoms with E-state index in [0.29, 0.717) is 6.04 Å². The van der Waals surface area contributed by atoms with Gasteiger partial charge in [-0.3, -0.25) is 9.98 Å². The van der Waals surface area contributed by atoms with Gasteiger partial charge in [0.1, 0.15) is 6.04 Å². The van der Waals surface area contributed by atoms with E-state index in [4.69, 9.17) is 14.5 Å². The Hall–Kier alpha value is -1.73. The van der Waals surface area contributed by atoms with E-state index in [1.807, 2.05) is 50.0 Å². The summed E-state index contributed by atoms with van der Waals surface area (Å²) in [6.45, 7) is 6.28. The molecule has 4 rings (SSSR count). The van der Waals surface area contributed by atoms with Crippen LogP contribution in [0.15, 0.2) is 46.0 Å². The lowest BCUT2D eigenvalue weighted by atomic mass is 9.95. The van der Waals surface area contributed by atoms with Gasteiger partial charge in [0.2, 0.25) is 0 Å². The van der Waals surface area contributed by atoms with Crippen LogP contribution in [0.2, 0.25) is 0 Å². The lowest BCUT2D eigenvalue weighted by Crippen LogP contribution is -2.35. The summed E-state index contributed by atoms with van der Waals surface area (Å²) in [5.41, 5.74) is 2.14. The summed E-state index contributed by atoms with van der Waals surface area (Å²) in [6, 6.07) is 10.6. The van der Waals surface area contributed by atoms with Gasteiger partial charge in [0, 0.05) is 22.5 Å². The molecule has 0 radical (unpaired) electrons. The molecule has 0 bridgehead atoms. The van der Waals surface area contributed by atoms with Gasteiger partial charge in [-0.15, -0.1) is 0 Å². The van der Waals surface area contributed by atoms with Gasteiger partial charge in [-0.2, -0.15) is 0 Å².